The lowest BCUT2D eigenvalue weighted by molar-refractivity contribution is -0.102. The van der Waals surface area contributed by atoms with Gasteiger partial charge in [0, 0.05) is 38.1 Å². The fourth-order valence-corrected chi connectivity index (χ4v) is 5.32. The molecule has 0 amide bonds. The molecule has 28 heavy (non-hydrogen) atoms. The van der Waals surface area contributed by atoms with Crippen molar-refractivity contribution in [3.05, 3.63) is 41.5 Å². The molecule has 0 radical (unpaired) electrons. The van der Waals surface area contributed by atoms with E-state index in [1.165, 1.54) is 43.4 Å². The van der Waals surface area contributed by atoms with Crippen LogP contribution >= 0.6 is 0 Å². The molecule has 0 N–H and O–H groups in total. The van der Waals surface area contributed by atoms with Crippen LogP contribution in [-0.4, -0.2) is 44.1 Å². The Balaban J connectivity index is 1.28. The van der Waals surface area contributed by atoms with Crippen molar-refractivity contribution in [2.45, 2.75) is 76.5 Å². The maximum atomic E-state index is 6.36. The van der Waals surface area contributed by atoms with E-state index in [1.54, 1.807) is 0 Å². The molecule has 5 rings (SSSR count). The van der Waals surface area contributed by atoms with E-state index >= 15 is 0 Å². The Labute approximate surface area is 167 Å². The monoisotopic (exact) mass is 381 g/mol. The van der Waals surface area contributed by atoms with Crippen molar-refractivity contribution in [2.24, 2.45) is 0 Å². The highest BCUT2D eigenvalue weighted by Gasteiger charge is 2.42. The van der Waals surface area contributed by atoms with Crippen LogP contribution in [0.25, 0.3) is 0 Å². The summed E-state index contributed by atoms with van der Waals surface area (Å²) >= 11 is 0. The van der Waals surface area contributed by atoms with E-state index in [0.717, 1.165) is 57.0 Å². The number of aromatic nitrogens is 4. The molecule has 2 fully saturated rings. The van der Waals surface area contributed by atoms with E-state index in [9.17, 15) is 0 Å². The second-order valence-corrected chi connectivity index (χ2v) is 8.74. The van der Waals surface area contributed by atoms with Gasteiger partial charge in [-0.05, 0) is 44.6 Å². The van der Waals surface area contributed by atoms with Gasteiger partial charge in [-0.25, -0.2) is 15.0 Å². The van der Waals surface area contributed by atoms with Gasteiger partial charge in [-0.2, -0.15) is 0 Å². The summed E-state index contributed by atoms with van der Waals surface area (Å²) in [5.74, 6) is 0.849. The van der Waals surface area contributed by atoms with Gasteiger partial charge in [-0.3, -0.25) is 4.90 Å². The summed E-state index contributed by atoms with van der Waals surface area (Å²) in [6.07, 6.45) is 15.8. The lowest BCUT2D eigenvalue weighted by Crippen LogP contribution is -2.47. The van der Waals surface area contributed by atoms with Crippen LogP contribution in [0.15, 0.2) is 18.7 Å². The van der Waals surface area contributed by atoms with Crippen molar-refractivity contribution in [2.75, 3.05) is 19.7 Å². The highest BCUT2D eigenvalue weighted by molar-refractivity contribution is 5.27. The molecule has 0 aromatic carbocycles. The van der Waals surface area contributed by atoms with E-state index < -0.39 is 0 Å². The molecular weight excluding hydrogens is 350 g/mol. The number of hydrogen-bond donors (Lipinski definition) is 0. The molecule has 150 valence electrons. The molecule has 0 bridgehead atoms. The normalized spacial score (nSPS) is 23.0. The Morgan fingerprint density at radius 1 is 1.14 bits per heavy atom. The minimum atomic E-state index is -0.207. The number of aryl methyl sites for hydroxylation is 1. The first-order valence-electron chi connectivity index (χ1n) is 10.9. The van der Waals surface area contributed by atoms with Crippen molar-refractivity contribution in [3.8, 4) is 0 Å². The van der Waals surface area contributed by atoms with Gasteiger partial charge in [0.2, 0.25) is 0 Å². The van der Waals surface area contributed by atoms with Crippen molar-refractivity contribution in [1.82, 2.24) is 24.4 Å². The summed E-state index contributed by atoms with van der Waals surface area (Å²) in [7, 11) is 0. The summed E-state index contributed by atoms with van der Waals surface area (Å²) in [5, 5.41) is 0. The standard InChI is InChI=1S/C22H31N5O/c1-17-24-13-18-7-12-28-22(21(18)25-17)8-10-26(11-9-22)15-20-14-23-16-27(20)19-5-3-2-4-6-19/h13-14,16,19H,2-12,15H2,1H3. The zero-order chi connectivity index (χ0) is 19.0. The van der Waals surface area contributed by atoms with Crippen LogP contribution in [0.4, 0.5) is 0 Å². The van der Waals surface area contributed by atoms with Gasteiger partial charge >= 0.3 is 0 Å². The van der Waals surface area contributed by atoms with Gasteiger partial charge in [-0.1, -0.05) is 19.3 Å². The van der Waals surface area contributed by atoms with Gasteiger partial charge in [0.1, 0.15) is 11.4 Å². The Morgan fingerprint density at radius 2 is 1.96 bits per heavy atom. The highest BCUT2D eigenvalue weighted by atomic mass is 16.5. The second-order valence-electron chi connectivity index (χ2n) is 8.74. The first kappa shape index (κ1) is 18.3. The van der Waals surface area contributed by atoms with Crippen LogP contribution in [0.1, 0.15) is 73.8 Å². The fraction of sp³-hybridized carbons (Fsp3) is 0.682. The molecule has 1 saturated carbocycles. The van der Waals surface area contributed by atoms with Crippen LogP contribution in [0.2, 0.25) is 0 Å². The summed E-state index contributed by atoms with van der Waals surface area (Å²) in [5.41, 5.74) is 3.59. The van der Waals surface area contributed by atoms with E-state index in [1.807, 2.05) is 13.1 Å². The smallest absolute Gasteiger partial charge is 0.125 e. The number of likely N-dealkylation sites (tertiary alicyclic amines) is 1. The SMILES string of the molecule is Cc1ncc2c(n1)C1(CCN(Cc3cncn3C3CCCCC3)CC1)OCC2. The number of rotatable bonds is 3. The van der Waals surface area contributed by atoms with Crippen LogP contribution in [-0.2, 0) is 23.3 Å². The topological polar surface area (TPSA) is 56.1 Å². The largest absolute Gasteiger partial charge is 0.368 e. The molecule has 4 heterocycles. The lowest BCUT2D eigenvalue weighted by atomic mass is 9.83. The predicted octanol–water partition coefficient (Wildman–Crippen LogP) is 3.55. The van der Waals surface area contributed by atoms with Crippen molar-refractivity contribution in [3.63, 3.8) is 0 Å². The van der Waals surface area contributed by atoms with E-state index in [0.29, 0.717) is 6.04 Å². The number of piperidine rings is 1. The molecule has 3 aliphatic rings. The highest BCUT2D eigenvalue weighted by Crippen LogP contribution is 2.40. The molecule has 0 unspecified atom stereocenters. The summed E-state index contributed by atoms with van der Waals surface area (Å²) in [6, 6.07) is 0.649. The minimum absolute atomic E-state index is 0.207. The van der Waals surface area contributed by atoms with Gasteiger partial charge in [-0.15, -0.1) is 0 Å². The van der Waals surface area contributed by atoms with Crippen LogP contribution < -0.4 is 0 Å². The Kier molecular flexibility index (Phi) is 4.93. The molecule has 2 aromatic heterocycles. The van der Waals surface area contributed by atoms with Gasteiger partial charge in [0.15, 0.2) is 0 Å². The number of imidazole rings is 1. The lowest BCUT2D eigenvalue weighted by Gasteiger charge is -2.44. The van der Waals surface area contributed by atoms with Gasteiger partial charge in [0.25, 0.3) is 0 Å². The number of ether oxygens (including phenoxy) is 1. The number of fused-ring (bicyclic) bond motifs is 2. The van der Waals surface area contributed by atoms with Crippen molar-refractivity contribution < 1.29 is 4.74 Å². The van der Waals surface area contributed by atoms with Crippen molar-refractivity contribution >= 4 is 0 Å². The van der Waals surface area contributed by atoms with Crippen LogP contribution in [0.5, 0.6) is 0 Å². The molecule has 2 aliphatic heterocycles. The van der Waals surface area contributed by atoms with E-state index in [4.69, 9.17) is 9.72 Å². The summed E-state index contributed by atoms with van der Waals surface area (Å²) in [4.78, 5) is 16.2. The van der Waals surface area contributed by atoms with Gasteiger partial charge < -0.3 is 9.30 Å². The summed E-state index contributed by atoms with van der Waals surface area (Å²) in [6.45, 7) is 5.83. The molecule has 1 spiro atoms. The predicted molar refractivity (Wildman–Crippen MR) is 107 cm³/mol. The Bertz CT molecular complexity index is 818. The third-order valence-electron chi connectivity index (χ3n) is 6.93. The fourth-order valence-electron chi connectivity index (χ4n) is 5.32. The molecule has 1 aliphatic carbocycles. The maximum absolute atomic E-state index is 6.36. The van der Waals surface area contributed by atoms with Crippen molar-refractivity contribution in [1.29, 1.82) is 0 Å². The van der Waals surface area contributed by atoms with E-state index in [-0.39, 0.29) is 5.60 Å². The Hall–Kier alpha value is -1.79. The maximum Gasteiger partial charge on any atom is 0.125 e. The van der Waals surface area contributed by atoms with Crippen LogP contribution in [0.3, 0.4) is 0 Å². The third-order valence-corrected chi connectivity index (χ3v) is 6.93. The zero-order valence-corrected chi connectivity index (χ0v) is 16.9. The minimum Gasteiger partial charge on any atom is -0.368 e. The van der Waals surface area contributed by atoms with E-state index in [2.05, 4.69) is 32.0 Å². The third kappa shape index (κ3) is 3.37. The first-order valence-corrected chi connectivity index (χ1v) is 10.9. The zero-order valence-electron chi connectivity index (χ0n) is 16.9. The quantitative estimate of drug-likeness (QED) is 0.814. The average molecular weight is 382 g/mol. The van der Waals surface area contributed by atoms with Crippen LogP contribution in [0, 0.1) is 6.92 Å². The molecule has 2 aromatic rings. The average Bonchev–Trinajstić information content (AvgIpc) is 3.19. The number of hydrogen-bond acceptors (Lipinski definition) is 5. The first-order chi connectivity index (χ1) is 13.7. The van der Waals surface area contributed by atoms with Gasteiger partial charge in [0.05, 0.1) is 24.3 Å². The number of nitrogens with zero attached hydrogens (tertiary/aromatic N) is 5. The molecule has 6 heteroatoms. The molecular formula is C22H31N5O. The molecule has 1 saturated heterocycles. The summed E-state index contributed by atoms with van der Waals surface area (Å²) < 4.78 is 8.81. The second kappa shape index (κ2) is 7.56. The molecule has 6 nitrogen and oxygen atoms in total. The Morgan fingerprint density at radius 3 is 2.79 bits per heavy atom. The molecule has 0 atom stereocenters.